The molecule has 1 unspecified atom stereocenters. The summed E-state index contributed by atoms with van der Waals surface area (Å²) in [5.74, 6) is 1.96. The highest BCUT2D eigenvalue weighted by atomic mass is 16.3. The van der Waals surface area contributed by atoms with Crippen LogP contribution in [0.15, 0.2) is 0 Å². The Kier molecular flexibility index (Phi) is 5.62. The standard InChI is InChI=1S/C16H29N5O2/c1-11(2)14(22)16(3,4)10-18-15(23)17-9-13-20-19-12-7-5-6-8-21(12)13/h11,14,22H,5-10H2,1-4H3,(H2,17,18,23). The number of nitrogens with zero attached hydrogens (tertiary/aromatic N) is 3. The van der Waals surface area contributed by atoms with Crippen molar-refractivity contribution in [2.45, 2.75) is 66.2 Å². The van der Waals surface area contributed by atoms with Crippen LogP contribution in [0.25, 0.3) is 0 Å². The van der Waals surface area contributed by atoms with Crippen LogP contribution in [0.5, 0.6) is 0 Å². The summed E-state index contributed by atoms with van der Waals surface area (Å²) in [4.78, 5) is 12.0. The van der Waals surface area contributed by atoms with E-state index in [1.807, 2.05) is 27.7 Å². The van der Waals surface area contributed by atoms with Gasteiger partial charge in [0.15, 0.2) is 5.82 Å². The fourth-order valence-corrected chi connectivity index (χ4v) is 3.04. The second-order valence-corrected chi connectivity index (χ2v) is 7.35. The minimum Gasteiger partial charge on any atom is -0.392 e. The van der Waals surface area contributed by atoms with Gasteiger partial charge in [0, 0.05) is 24.9 Å². The van der Waals surface area contributed by atoms with Gasteiger partial charge in [0.05, 0.1) is 12.6 Å². The van der Waals surface area contributed by atoms with E-state index in [1.54, 1.807) is 0 Å². The Morgan fingerprint density at radius 1 is 1.30 bits per heavy atom. The molecular weight excluding hydrogens is 294 g/mol. The normalized spacial score (nSPS) is 16.1. The summed E-state index contributed by atoms with van der Waals surface area (Å²) in [5, 5.41) is 24.2. The number of aliphatic hydroxyl groups excluding tert-OH is 1. The van der Waals surface area contributed by atoms with Gasteiger partial charge < -0.3 is 20.3 Å². The molecule has 23 heavy (non-hydrogen) atoms. The first-order chi connectivity index (χ1) is 10.8. The summed E-state index contributed by atoms with van der Waals surface area (Å²) in [5.41, 5.74) is -0.375. The Morgan fingerprint density at radius 2 is 2.04 bits per heavy atom. The highest BCUT2D eigenvalue weighted by Crippen LogP contribution is 2.25. The molecular formula is C16H29N5O2. The summed E-state index contributed by atoms with van der Waals surface area (Å²) in [6, 6.07) is -0.248. The summed E-state index contributed by atoms with van der Waals surface area (Å²) >= 11 is 0. The van der Waals surface area contributed by atoms with Gasteiger partial charge in [0.1, 0.15) is 5.82 Å². The Labute approximate surface area is 137 Å². The Bertz CT molecular complexity index is 539. The number of amides is 2. The van der Waals surface area contributed by atoms with Gasteiger partial charge in [-0.2, -0.15) is 0 Å². The lowest BCUT2D eigenvalue weighted by Crippen LogP contribution is -2.46. The summed E-state index contributed by atoms with van der Waals surface area (Å²) < 4.78 is 2.09. The van der Waals surface area contributed by atoms with Crippen molar-refractivity contribution in [3.63, 3.8) is 0 Å². The molecule has 0 aliphatic carbocycles. The van der Waals surface area contributed by atoms with Crippen LogP contribution in [0.2, 0.25) is 0 Å². The van der Waals surface area contributed by atoms with Crippen LogP contribution in [0.3, 0.4) is 0 Å². The molecule has 1 aromatic rings. The monoisotopic (exact) mass is 323 g/mol. The Morgan fingerprint density at radius 3 is 2.74 bits per heavy atom. The van der Waals surface area contributed by atoms with Gasteiger partial charge in [0.25, 0.3) is 0 Å². The van der Waals surface area contributed by atoms with Crippen molar-refractivity contribution in [3.05, 3.63) is 11.6 Å². The lowest BCUT2D eigenvalue weighted by molar-refractivity contribution is 0.0151. The largest absolute Gasteiger partial charge is 0.392 e. The fourth-order valence-electron chi connectivity index (χ4n) is 3.04. The molecule has 0 spiro atoms. The third-order valence-corrected chi connectivity index (χ3v) is 4.48. The molecule has 0 aromatic carbocycles. The molecule has 3 N–H and O–H groups in total. The zero-order valence-electron chi connectivity index (χ0n) is 14.6. The summed E-state index contributed by atoms with van der Waals surface area (Å²) in [6.45, 7) is 9.55. The molecule has 0 fully saturated rings. The van der Waals surface area contributed by atoms with E-state index in [2.05, 4.69) is 25.4 Å². The maximum absolute atomic E-state index is 12.0. The van der Waals surface area contributed by atoms with Crippen molar-refractivity contribution >= 4 is 6.03 Å². The summed E-state index contributed by atoms with van der Waals surface area (Å²) in [7, 11) is 0. The number of aromatic nitrogens is 3. The zero-order valence-corrected chi connectivity index (χ0v) is 14.6. The lowest BCUT2D eigenvalue weighted by Gasteiger charge is -2.33. The highest BCUT2D eigenvalue weighted by Gasteiger charge is 2.30. The molecule has 0 radical (unpaired) electrons. The quantitative estimate of drug-likeness (QED) is 0.739. The predicted molar refractivity (Wildman–Crippen MR) is 87.8 cm³/mol. The van der Waals surface area contributed by atoms with E-state index in [1.165, 1.54) is 0 Å². The number of nitrogens with one attached hydrogen (secondary N) is 2. The number of carbonyl (C=O) groups excluding carboxylic acids is 1. The molecule has 2 heterocycles. The number of carbonyl (C=O) groups is 1. The molecule has 7 heteroatoms. The van der Waals surface area contributed by atoms with Crippen LogP contribution in [-0.4, -0.2) is 38.6 Å². The first kappa shape index (κ1) is 17.7. The number of aryl methyl sites for hydroxylation is 1. The van der Waals surface area contributed by atoms with Crippen molar-refractivity contribution in [1.82, 2.24) is 25.4 Å². The van der Waals surface area contributed by atoms with E-state index in [-0.39, 0.29) is 17.4 Å². The summed E-state index contributed by atoms with van der Waals surface area (Å²) in [6.07, 6.45) is 2.77. The minimum absolute atomic E-state index is 0.150. The molecule has 2 amide bonds. The number of rotatable bonds is 6. The first-order valence-electron chi connectivity index (χ1n) is 8.42. The van der Waals surface area contributed by atoms with Gasteiger partial charge in [-0.05, 0) is 18.8 Å². The topological polar surface area (TPSA) is 92.1 Å². The maximum atomic E-state index is 12.0. The van der Waals surface area contributed by atoms with Crippen molar-refractivity contribution < 1.29 is 9.90 Å². The van der Waals surface area contributed by atoms with E-state index < -0.39 is 6.10 Å². The van der Waals surface area contributed by atoms with E-state index in [0.717, 1.165) is 37.5 Å². The highest BCUT2D eigenvalue weighted by molar-refractivity contribution is 5.73. The first-order valence-corrected chi connectivity index (χ1v) is 8.42. The number of aliphatic hydroxyl groups is 1. The molecule has 0 saturated heterocycles. The molecule has 0 saturated carbocycles. The van der Waals surface area contributed by atoms with Crippen LogP contribution in [0.1, 0.15) is 52.2 Å². The minimum atomic E-state index is -0.466. The van der Waals surface area contributed by atoms with E-state index in [4.69, 9.17) is 0 Å². The average molecular weight is 323 g/mol. The Hall–Kier alpha value is -1.63. The third kappa shape index (κ3) is 4.43. The fraction of sp³-hybridized carbons (Fsp3) is 0.812. The van der Waals surface area contributed by atoms with Gasteiger partial charge in [0.2, 0.25) is 0 Å². The van der Waals surface area contributed by atoms with Gasteiger partial charge in [-0.15, -0.1) is 10.2 Å². The SMILES string of the molecule is CC(C)C(O)C(C)(C)CNC(=O)NCc1nnc2n1CCCC2. The second-order valence-electron chi connectivity index (χ2n) is 7.35. The molecule has 0 bridgehead atoms. The van der Waals surface area contributed by atoms with Crippen LogP contribution < -0.4 is 10.6 Å². The van der Waals surface area contributed by atoms with Crippen molar-refractivity contribution in [1.29, 1.82) is 0 Å². The van der Waals surface area contributed by atoms with Crippen LogP contribution in [0, 0.1) is 11.3 Å². The van der Waals surface area contributed by atoms with Crippen molar-refractivity contribution in [2.24, 2.45) is 11.3 Å². The molecule has 130 valence electrons. The van der Waals surface area contributed by atoms with Crippen LogP contribution in [-0.2, 0) is 19.5 Å². The van der Waals surface area contributed by atoms with Crippen LogP contribution in [0.4, 0.5) is 4.79 Å². The van der Waals surface area contributed by atoms with Gasteiger partial charge in [-0.25, -0.2) is 4.79 Å². The van der Waals surface area contributed by atoms with Gasteiger partial charge >= 0.3 is 6.03 Å². The number of hydrogen-bond acceptors (Lipinski definition) is 4. The lowest BCUT2D eigenvalue weighted by atomic mass is 9.81. The third-order valence-electron chi connectivity index (χ3n) is 4.48. The number of urea groups is 1. The van der Waals surface area contributed by atoms with E-state index >= 15 is 0 Å². The molecule has 1 aliphatic heterocycles. The molecule has 2 rings (SSSR count). The van der Waals surface area contributed by atoms with Gasteiger partial charge in [-0.3, -0.25) is 0 Å². The van der Waals surface area contributed by atoms with E-state index in [0.29, 0.717) is 13.1 Å². The van der Waals surface area contributed by atoms with E-state index in [9.17, 15) is 9.90 Å². The number of hydrogen-bond donors (Lipinski definition) is 3. The predicted octanol–water partition coefficient (Wildman–Crippen LogP) is 1.46. The molecule has 1 aliphatic rings. The number of fused-ring (bicyclic) bond motifs is 1. The van der Waals surface area contributed by atoms with Gasteiger partial charge in [-0.1, -0.05) is 27.7 Å². The Balaban J connectivity index is 1.80. The zero-order chi connectivity index (χ0) is 17.0. The average Bonchev–Trinajstić information content (AvgIpc) is 2.93. The van der Waals surface area contributed by atoms with Crippen LogP contribution >= 0.6 is 0 Å². The molecule has 7 nitrogen and oxygen atoms in total. The smallest absolute Gasteiger partial charge is 0.315 e. The molecule has 1 atom stereocenters. The maximum Gasteiger partial charge on any atom is 0.315 e. The molecule has 1 aromatic heterocycles. The second kappa shape index (κ2) is 7.29. The van der Waals surface area contributed by atoms with Crippen molar-refractivity contribution in [2.75, 3.05) is 6.54 Å². The van der Waals surface area contributed by atoms with Crippen molar-refractivity contribution in [3.8, 4) is 0 Å².